The minimum absolute atomic E-state index is 0.537. The van der Waals surface area contributed by atoms with Crippen LogP contribution >= 0.6 is 0 Å². The maximum Gasteiger partial charge on any atom is 0.0952 e. The molecule has 2 nitrogen and oxygen atoms in total. The minimum Gasteiger partial charge on any atom is -0.334 e. The number of nitrogens with zero attached hydrogens (tertiary/aromatic N) is 2. The zero-order chi connectivity index (χ0) is 9.14. The van der Waals surface area contributed by atoms with Crippen molar-refractivity contribution in [3.05, 3.63) is 18.2 Å². The first kappa shape index (κ1) is 9.30. The summed E-state index contributed by atoms with van der Waals surface area (Å²) in [5, 5.41) is 0. The van der Waals surface area contributed by atoms with Gasteiger partial charge in [-0.3, -0.25) is 0 Å². The van der Waals surface area contributed by atoms with Crippen LogP contribution in [0.5, 0.6) is 0 Å². The predicted octanol–water partition coefficient (Wildman–Crippen LogP) is 2.98. The topological polar surface area (TPSA) is 17.8 Å². The van der Waals surface area contributed by atoms with Crippen LogP contribution in [-0.2, 0) is 0 Å². The zero-order valence-electron chi connectivity index (χ0n) is 8.41. The third-order valence-corrected chi connectivity index (χ3v) is 2.31. The van der Waals surface area contributed by atoms with E-state index in [-0.39, 0.29) is 0 Å². The van der Waals surface area contributed by atoms with E-state index in [1.165, 1.54) is 5.69 Å². The van der Waals surface area contributed by atoms with Crippen molar-refractivity contribution in [1.82, 2.24) is 9.55 Å². The molecule has 1 aromatic heterocycles. The molecule has 1 heterocycles. The molecule has 0 fully saturated rings. The zero-order valence-corrected chi connectivity index (χ0v) is 8.41. The fourth-order valence-corrected chi connectivity index (χ4v) is 1.10. The van der Waals surface area contributed by atoms with Gasteiger partial charge in [0.2, 0.25) is 0 Å². The Labute approximate surface area is 74.6 Å². The molecule has 0 bridgehead atoms. The van der Waals surface area contributed by atoms with Gasteiger partial charge in [-0.1, -0.05) is 20.8 Å². The maximum atomic E-state index is 4.35. The first-order valence-corrected chi connectivity index (χ1v) is 4.68. The third-order valence-electron chi connectivity index (χ3n) is 2.31. The summed E-state index contributed by atoms with van der Waals surface area (Å²) in [5.41, 5.74) is 1.19. The molecule has 0 saturated heterocycles. The number of hydrogen-bond donors (Lipinski definition) is 0. The lowest BCUT2D eigenvalue weighted by Gasteiger charge is -2.08. The van der Waals surface area contributed by atoms with Gasteiger partial charge in [-0.15, -0.1) is 0 Å². The van der Waals surface area contributed by atoms with Gasteiger partial charge in [-0.2, -0.15) is 0 Å². The van der Waals surface area contributed by atoms with Crippen LogP contribution in [0.2, 0.25) is 0 Å². The number of rotatable bonds is 3. The van der Waals surface area contributed by atoms with Crippen molar-refractivity contribution in [2.75, 3.05) is 0 Å². The normalized spacial score (nSPS) is 13.8. The summed E-state index contributed by atoms with van der Waals surface area (Å²) in [6.45, 7) is 8.75. The Hall–Kier alpha value is -0.790. The Morgan fingerprint density at radius 1 is 1.42 bits per heavy atom. The van der Waals surface area contributed by atoms with Gasteiger partial charge in [-0.05, 0) is 19.3 Å². The third kappa shape index (κ3) is 1.87. The highest BCUT2D eigenvalue weighted by atomic mass is 15.1. The number of imidazole rings is 1. The summed E-state index contributed by atoms with van der Waals surface area (Å²) >= 11 is 0. The van der Waals surface area contributed by atoms with Crippen LogP contribution in [0.25, 0.3) is 0 Å². The van der Waals surface area contributed by atoms with E-state index in [9.17, 15) is 0 Å². The lowest BCUT2D eigenvalue weighted by Crippen LogP contribution is -2.00. The Bertz CT molecular complexity index is 238. The fourth-order valence-electron chi connectivity index (χ4n) is 1.10. The average Bonchev–Trinajstić information content (AvgIpc) is 2.51. The molecule has 1 rings (SSSR count). The molecule has 0 radical (unpaired) electrons. The Morgan fingerprint density at radius 2 is 2.08 bits per heavy atom. The summed E-state index contributed by atoms with van der Waals surface area (Å²) in [5.74, 6) is 0.537. The van der Waals surface area contributed by atoms with Gasteiger partial charge in [0.05, 0.1) is 12.0 Å². The maximum absolute atomic E-state index is 4.35. The van der Waals surface area contributed by atoms with E-state index in [4.69, 9.17) is 0 Å². The van der Waals surface area contributed by atoms with Gasteiger partial charge >= 0.3 is 0 Å². The molecule has 0 aromatic carbocycles. The molecule has 0 amide bonds. The SMILES string of the molecule is CCC(C)n1cnc(C(C)C)c1. The van der Waals surface area contributed by atoms with E-state index in [1.54, 1.807) is 0 Å². The van der Waals surface area contributed by atoms with Crippen molar-refractivity contribution in [2.24, 2.45) is 0 Å². The first-order valence-electron chi connectivity index (χ1n) is 4.68. The van der Waals surface area contributed by atoms with Crippen LogP contribution in [0.4, 0.5) is 0 Å². The molecule has 1 atom stereocenters. The van der Waals surface area contributed by atoms with Crippen molar-refractivity contribution in [1.29, 1.82) is 0 Å². The molecule has 0 saturated carbocycles. The monoisotopic (exact) mass is 166 g/mol. The summed E-state index contributed by atoms with van der Waals surface area (Å²) in [6, 6.07) is 0.574. The molecule has 0 aliphatic rings. The molecule has 0 spiro atoms. The second-order valence-corrected chi connectivity index (χ2v) is 3.66. The van der Waals surface area contributed by atoms with Crippen LogP contribution < -0.4 is 0 Å². The van der Waals surface area contributed by atoms with Crippen LogP contribution in [0.3, 0.4) is 0 Å². The largest absolute Gasteiger partial charge is 0.334 e. The van der Waals surface area contributed by atoms with Crippen LogP contribution in [0.1, 0.15) is 51.8 Å². The lowest BCUT2D eigenvalue weighted by atomic mass is 10.1. The van der Waals surface area contributed by atoms with Crippen molar-refractivity contribution in [2.45, 2.75) is 46.1 Å². The lowest BCUT2D eigenvalue weighted by molar-refractivity contribution is 0.529. The van der Waals surface area contributed by atoms with Gasteiger partial charge in [0.15, 0.2) is 0 Å². The van der Waals surface area contributed by atoms with Gasteiger partial charge in [0.1, 0.15) is 0 Å². The van der Waals surface area contributed by atoms with Crippen LogP contribution in [-0.4, -0.2) is 9.55 Å². The quantitative estimate of drug-likeness (QED) is 0.675. The number of hydrogen-bond acceptors (Lipinski definition) is 1. The molecule has 1 aromatic rings. The second kappa shape index (κ2) is 3.74. The molecule has 0 aliphatic carbocycles. The summed E-state index contributed by atoms with van der Waals surface area (Å²) in [4.78, 5) is 4.35. The predicted molar refractivity (Wildman–Crippen MR) is 51.3 cm³/mol. The first-order chi connectivity index (χ1) is 5.65. The molecule has 2 heteroatoms. The number of aromatic nitrogens is 2. The summed E-state index contributed by atoms with van der Waals surface area (Å²) in [7, 11) is 0. The molecule has 0 N–H and O–H groups in total. The van der Waals surface area contributed by atoms with E-state index in [0.29, 0.717) is 12.0 Å². The van der Waals surface area contributed by atoms with Gasteiger partial charge < -0.3 is 4.57 Å². The van der Waals surface area contributed by atoms with Crippen molar-refractivity contribution >= 4 is 0 Å². The van der Waals surface area contributed by atoms with Crippen LogP contribution in [0, 0.1) is 0 Å². The highest BCUT2D eigenvalue weighted by Crippen LogP contribution is 2.15. The van der Waals surface area contributed by atoms with E-state index in [1.807, 2.05) is 6.33 Å². The molecule has 1 unspecified atom stereocenters. The smallest absolute Gasteiger partial charge is 0.0952 e. The molecule has 12 heavy (non-hydrogen) atoms. The molecular weight excluding hydrogens is 148 g/mol. The van der Waals surface area contributed by atoms with Gasteiger partial charge in [0.25, 0.3) is 0 Å². The van der Waals surface area contributed by atoms with Gasteiger partial charge in [0, 0.05) is 12.2 Å². The average molecular weight is 166 g/mol. The molecule has 68 valence electrons. The van der Waals surface area contributed by atoms with Crippen molar-refractivity contribution in [3.8, 4) is 0 Å². The highest BCUT2D eigenvalue weighted by Gasteiger charge is 2.05. The van der Waals surface area contributed by atoms with E-state index in [0.717, 1.165) is 6.42 Å². The summed E-state index contributed by atoms with van der Waals surface area (Å²) < 4.78 is 2.19. The van der Waals surface area contributed by atoms with E-state index >= 15 is 0 Å². The Kier molecular flexibility index (Phi) is 2.90. The van der Waals surface area contributed by atoms with Crippen molar-refractivity contribution in [3.63, 3.8) is 0 Å². The summed E-state index contributed by atoms with van der Waals surface area (Å²) in [6.07, 6.45) is 5.25. The fraction of sp³-hybridized carbons (Fsp3) is 0.700. The second-order valence-electron chi connectivity index (χ2n) is 3.66. The highest BCUT2D eigenvalue weighted by molar-refractivity contribution is 5.02. The molecule has 0 aliphatic heterocycles. The minimum atomic E-state index is 0.537. The van der Waals surface area contributed by atoms with Crippen LogP contribution in [0.15, 0.2) is 12.5 Å². The van der Waals surface area contributed by atoms with Gasteiger partial charge in [-0.25, -0.2) is 4.98 Å². The Balaban J connectivity index is 2.77. The standard InChI is InChI=1S/C10H18N2/c1-5-9(4)12-6-10(8(2)3)11-7-12/h6-9H,5H2,1-4H3. The van der Waals surface area contributed by atoms with E-state index < -0.39 is 0 Å². The van der Waals surface area contributed by atoms with E-state index in [2.05, 4.69) is 43.4 Å². The molecular formula is C10H18N2. The van der Waals surface area contributed by atoms with Crippen molar-refractivity contribution < 1.29 is 0 Å². The Morgan fingerprint density at radius 3 is 2.50 bits per heavy atom.